The number of methoxy groups -OCH3 is 1. The van der Waals surface area contributed by atoms with Crippen molar-refractivity contribution in [3.63, 3.8) is 0 Å². The third-order valence-corrected chi connectivity index (χ3v) is 3.33. The second kappa shape index (κ2) is 5.44. The van der Waals surface area contributed by atoms with Crippen LogP contribution in [0.1, 0.15) is 16.8 Å². The van der Waals surface area contributed by atoms with Gasteiger partial charge in [-0.3, -0.25) is 0 Å². The lowest BCUT2D eigenvalue weighted by molar-refractivity contribution is 0.416. The Labute approximate surface area is 123 Å². The summed E-state index contributed by atoms with van der Waals surface area (Å²) < 4.78 is 7.20. The smallest absolute Gasteiger partial charge is 0.155 e. The molecule has 0 radical (unpaired) electrons. The van der Waals surface area contributed by atoms with Gasteiger partial charge in [-0.1, -0.05) is 6.07 Å². The molecule has 0 bridgehead atoms. The van der Waals surface area contributed by atoms with Crippen LogP contribution < -0.4 is 10.1 Å². The highest BCUT2D eigenvalue weighted by atomic mass is 16.5. The van der Waals surface area contributed by atoms with Gasteiger partial charge in [0.15, 0.2) is 5.65 Å². The highest BCUT2D eigenvalue weighted by Gasteiger charge is 2.04. The Kier molecular flexibility index (Phi) is 3.48. The van der Waals surface area contributed by atoms with Gasteiger partial charge >= 0.3 is 0 Å². The number of rotatable bonds is 4. The molecule has 0 aliphatic heterocycles. The standard InChI is InChI=1S/C16H18N4O/c1-11-4-5-14(15(6-11)21-3)17-8-13-9-18-16-7-12(2)19-20(16)10-13/h4-7,9-10,17H,8H2,1-3H3. The highest BCUT2D eigenvalue weighted by molar-refractivity contribution is 5.57. The topological polar surface area (TPSA) is 51.5 Å². The predicted molar refractivity (Wildman–Crippen MR) is 82.8 cm³/mol. The van der Waals surface area contributed by atoms with Crippen LogP contribution in [0.2, 0.25) is 0 Å². The van der Waals surface area contributed by atoms with Gasteiger partial charge in [-0.25, -0.2) is 9.50 Å². The van der Waals surface area contributed by atoms with Gasteiger partial charge in [0.25, 0.3) is 0 Å². The van der Waals surface area contributed by atoms with Crippen molar-refractivity contribution in [2.24, 2.45) is 0 Å². The van der Waals surface area contributed by atoms with Gasteiger partial charge in [-0.05, 0) is 31.5 Å². The first-order valence-electron chi connectivity index (χ1n) is 6.85. The molecule has 2 heterocycles. The molecule has 5 nitrogen and oxygen atoms in total. The lowest BCUT2D eigenvalue weighted by Gasteiger charge is -2.11. The Bertz CT molecular complexity index is 779. The molecule has 0 saturated carbocycles. The van der Waals surface area contributed by atoms with E-state index in [0.717, 1.165) is 28.3 Å². The highest BCUT2D eigenvalue weighted by Crippen LogP contribution is 2.25. The summed E-state index contributed by atoms with van der Waals surface area (Å²) >= 11 is 0. The Hall–Kier alpha value is -2.56. The van der Waals surface area contributed by atoms with Gasteiger partial charge in [0.1, 0.15) is 5.75 Å². The normalized spacial score (nSPS) is 10.8. The molecule has 108 valence electrons. The second-order valence-corrected chi connectivity index (χ2v) is 5.11. The third kappa shape index (κ3) is 2.81. The molecule has 3 rings (SSSR count). The number of nitrogens with zero attached hydrogens (tertiary/aromatic N) is 3. The third-order valence-electron chi connectivity index (χ3n) is 3.33. The largest absolute Gasteiger partial charge is 0.495 e. The van der Waals surface area contributed by atoms with Crippen molar-refractivity contribution in [3.8, 4) is 5.75 Å². The van der Waals surface area contributed by atoms with Crippen molar-refractivity contribution in [1.82, 2.24) is 14.6 Å². The van der Waals surface area contributed by atoms with Crippen LogP contribution in [0.3, 0.4) is 0 Å². The summed E-state index contributed by atoms with van der Waals surface area (Å²) in [4.78, 5) is 4.40. The van der Waals surface area contributed by atoms with Crippen molar-refractivity contribution in [2.75, 3.05) is 12.4 Å². The fourth-order valence-electron chi connectivity index (χ4n) is 2.27. The fraction of sp³-hybridized carbons (Fsp3) is 0.250. The average Bonchev–Trinajstić information content (AvgIpc) is 2.85. The maximum Gasteiger partial charge on any atom is 0.155 e. The van der Waals surface area contributed by atoms with E-state index in [0.29, 0.717) is 6.54 Å². The number of hydrogen-bond acceptors (Lipinski definition) is 4. The van der Waals surface area contributed by atoms with Gasteiger partial charge in [-0.2, -0.15) is 5.10 Å². The lowest BCUT2D eigenvalue weighted by atomic mass is 10.2. The molecule has 5 heteroatoms. The zero-order valence-electron chi connectivity index (χ0n) is 12.4. The van der Waals surface area contributed by atoms with E-state index in [1.165, 1.54) is 5.56 Å². The van der Waals surface area contributed by atoms with Crippen molar-refractivity contribution < 1.29 is 4.74 Å². The van der Waals surface area contributed by atoms with Crippen molar-refractivity contribution >= 4 is 11.3 Å². The number of ether oxygens (including phenoxy) is 1. The molecule has 21 heavy (non-hydrogen) atoms. The van der Waals surface area contributed by atoms with Gasteiger partial charge in [0, 0.05) is 30.6 Å². The van der Waals surface area contributed by atoms with Crippen molar-refractivity contribution in [1.29, 1.82) is 0 Å². The molecule has 0 aliphatic carbocycles. The molecule has 1 aromatic carbocycles. The molecule has 0 unspecified atom stereocenters. The Balaban J connectivity index is 1.79. The first kappa shape index (κ1) is 13.4. The van der Waals surface area contributed by atoms with Crippen LogP contribution in [0.4, 0.5) is 5.69 Å². The molecule has 0 amide bonds. The summed E-state index contributed by atoms with van der Waals surface area (Å²) in [6.07, 6.45) is 3.85. The van der Waals surface area contributed by atoms with E-state index in [4.69, 9.17) is 4.74 Å². The molecule has 0 spiro atoms. The number of aryl methyl sites for hydroxylation is 2. The van der Waals surface area contributed by atoms with Crippen LogP contribution in [0.15, 0.2) is 36.7 Å². The zero-order valence-corrected chi connectivity index (χ0v) is 12.4. The van der Waals surface area contributed by atoms with E-state index in [1.54, 1.807) is 11.6 Å². The minimum Gasteiger partial charge on any atom is -0.495 e. The monoisotopic (exact) mass is 282 g/mol. The fourth-order valence-corrected chi connectivity index (χ4v) is 2.27. The summed E-state index contributed by atoms with van der Waals surface area (Å²) in [7, 11) is 1.68. The number of hydrogen-bond donors (Lipinski definition) is 1. The summed E-state index contributed by atoms with van der Waals surface area (Å²) in [5.74, 6) is 0.846. The van der Waals surface area contributed by atoms with Crippen LogP contribution in [-0.2, 0) is 6.54 Å². The minimum absolute atomic E-state index is 0.668. The number of benzene rings is 1. The van der Waals surface area contributed by atoms with E-state index in [2.05, 4.69) is 21.5 Å². The van der Waals surface area contributed by atoms with E-state index >= 15 is 0 Å². The molecule has 0 saturated heterocycles. The molecule has 3 aromatic rings. The van der Waals surface area contributed by atoms with E-state index < -0.39 is 0 Å². The number of fused-ring (bicyclic) bond motifs is 1. The predicted octanol–water partition coefficient (Wildman–Crippen LogP) is 2.97. The van der Waals surface area contributed by atoms with Crippen molar-refractivity contribution in [3.05, 3.63) is 53.5 Å². The summed E-state index contributed by atoms with van der Waals surface area (Å²) in [5, 5.41) is 7.75. The van der Waals surface area contributed by atoms with Crippen LogP contribution >= 0.6 is 0 Å². The second-order valence-electron chi connectivity index (χ2n) is 5.11. The Morgan fingerprint density at radius 2 is 2.10 bits per heavy atom. The summed E-state index contributed by atoms with van der Waals surface area (Å²) in [6, 6.07) is 8.06. The van der Waals surface area contributed by atoms with Crippen LogP contribution in [-0.4, -0.2) is 21.7 Å². The van der Waals surface area contributed by atoms with Crippen LogP contribution in [0, 0.1) is 13.8 Å². The molecular weight excluding hydrogens is 264 g/mol. The molecular formula is C16H18N4O. The van der Waals surface area contributed by atoms with Crippen LogP contribution in [0.5, 0.6) is 5.75 Å². The van der Waals surface area contributed by atoms with Gasteiger partial charge in [0.2, 0.25) is 0 Å². The number of anilines is 1. The molecule has 2 aromatic heterocycles. The zero-order chi connectivity index (χ0) is 14.8. The first-order chi connectivity index (χ1) is 10.2. The quantitative estimate of drug-likeness (QED) is 0.799. The number of nitrogens with one attached hydrogen (secondary N) is 1. The maximum atomic E-state index is 5.39. The minimum atomic E-state index is 0.668. The Morgan fingerprint density at radius 3 is 2.90 bits per heavy atom. The van der Waals surface area contributed by atoms with Gasteiger partial charge in [-0.15, -0.1) is 0 Å². The summed E-state index contributed by atoms with van der Waals surface area (Å²) in [5.41, 5.74) is 5.04. The summed E-state index contributed by atoms with van der Waals surface area (Å²) in [6.45, 7) is 4.68. The Morgan fingerprint density at radius 1 is 1.24 bits per heavy atom. The van der Waals surface area contributed by atoms with Crippen molar-refractivity contribution in [2.45, 2.75) is 20.4 Å². The lowest BCUT2D eigenvalue weighted by Crippen LogP contribution is -2.03. The molecule has 1 N–H and O–H groups in total. The maximum absolute atomic E-state index is 5.39. The van der Waals surface area contributed by atoms with E-state index in [1.807, 2.05) is 44.4 Å². The first-order valence-corrected chi connectivity index (χ1v) is 6.85. The molecule has 0 atom stereocenters. The molecule has 0 fully saturated rings. The molecule has 0 aliphatic rings. The van der Waals surface area contributed by atoms with Gasteiger partial charge in [0.05, 0.1) is 18.5 Å². The van der Waals surface area contributed by atoms with E-state index in [9.17, 15) is 0 Å². The average molecular weight is 282 g/mol. The van der Waals surface area contributed by atoms with Crippen LogP contribution in [0.25, 0.3) is 5.65 Å². The SMILES string of the molecule is COc1cc(C)ccc1NCc1cnc2cc(C)nn2c1. The number of aromatic nitrogens is 3. The van der Waals surface area contributed by atoms with Gasteiger partial charge < -0.3 is 10.1 Å². The van der Waals surface area contributed by atoms with E-state index in [-0.39, 0.29) is 0 Å².